The lowest BCUT2D eigenvalue weighted by Crippen LogP contribution is -2.28. The molecule has 0 heterocycles. The Labute approximate surface area is 147 Å². The number of primary amides is 1. The van der Waals surface area contributed by atoms with Crippen molar-refractivity contribution in [2.24, 2.45) is 11.7 Å². The van der Waals surface area contributed by atoms with Gasteiger partial charge < -0.3 is 5.73 Å². The minimum atomic E-state index is -3.18. The molecule has 4 nitrogen and oxygen atoms in total. The van der Waals surface area contributed by atoms with Gasteiger partial charge in [0.25, 0.3) is 0 Å². The summed E-state index contributed by atoms with van der Waals surface area (Å²) in [5.74, 6) is -0.403. The third kappa shape index (κ3) is 15.1. The second kappa shape index (κ2) is 14.1. The van der Waals surface area contributed by atoms with E-state index in [1.54, 1.807) is 6.92 Å². The zero-order chi connectivity index (χ0) is 17.6. The Hall–Kier alpha value is -0.230. The molecule has 0 fully saturated rings. The van der Waals surface area contributed by atoms with E-state index in [2.05, 4.69) is 6.92 Å². The number of unbranched alkanes of at least 4 members (excludes halogenated alkanes) is 9. The standard InChI is InChI=1S/C17H35NO3S2/c1-3-4-5-6-7-8-9-10-11-12-13-22-15-23(20,21)14-16(2)17(18)19/h16H,3-15H2,1-2H3,(H2,18,19)/t16-/m1/s1. The molecule has 0 aromatic heterocycles. The van der Waals surface area contributed by atoms with Crippen molar-refractivity contribution < 1.29 is 13.2 Å². The van der Waals surface area contributed by atoms with Crippen LogP contribution < -0.4 is 5.73 Å². The lowest BCUT2D eigenvalue weighted by Gasteiger charge is -2.08. The summed E-state index contributed by atoms with van der Waals surface area (Å²) in [5.41, 5.74) is 5.10. The fourth-order valence-corrected chi connectivity index (χ4v) is 5.59. The summed E-state index contributed by atoms with van der Waals surface area (Å²) in [5, 5.41) is 0.0993. The van der Waals surface area contributed by atoms with Gasteiger partial charge in [-0.25, -0.2) is 8.42 Å². The molecule has 0 saturated heterocycles. The number of carbonyl (C=O) groups is 1. The summed E-state index contributed by atoms with van der Waals surface area (Å²) in [6.07, 6.45) is 12.9. The lowest BCUT2D eigenvalue weighted by atomic mass is 10.1. The molecular weight excluding hydrogens is 330 g/mol. The summed E-state index contributed by atoms with van der Waals surface area (Å²) >= 11 is 1.45. The van der Waals surface area contributed by atoms with Gasteiger partial charge in [0.05, 0.1) is 10.8 Å². The molecule has 138 valence electrons. The average molecular weight is 366 g/mol. The molecular formula is C17H35NO3S2. The first-order chi connectivity index (χ1) is 10.9. The lowest BCUT2D eigenvalue weighted by molar-refractivity contribution is -0.120. The van der Waals surface area contributed by atoms with E-state index in [-0.39, 0.29) is 10.8 Å². The summed E-state index contributed by atoms with van der Waals surface area (Å²) in [4.78, 5) is 10.9. The highest BCUT2D eigenvalue weighted by molar-refractivity contribution is 8.12. The van der Waals surface area contributed by atoms with Crippen molar-refractivity contribution in [2.45, 2.75) is 78.1 Å². The fourth-order valence-electron chi connectivity index (χ4n) is 2.39. The Kier molecular flexibility index (Phi) is 14.0. The van der Waals surface area contributed by atoms with Crippen LogP contribution in [0.15, 0.2) is 0 Å². The van der Waals surface area contributed by atoms with Crippen molar-refractivity contribution in [2.75, 3.05) is 16.6 Å². The SMILES string of the molecule is CCCCCCCCCCCCSCS(=O)(=O)C[C@@H](C)C(N)=O. The quantitative estimate of drug-likeness (QED) is 0.417. The first-order valence-corrected chi connectivity index (χ1v) is 11.9. The molecule has 0 unspecified atom stereocenters. The van der Waals surface area contributed by atoms with E-state index >= 15 is 0 Å². The minimum Gasteiger partial charge on any atom is -0.369 e. The first-order valence-electron chi connectivity index (χ1n) is 8.96. The van der Waals surface area contributed by atoms with E-state index in [1.807, 2.05) is 0 Å². The Morgan fingerprint density at radius 2 is 1.43 bits per heavy atom. The Balaban J connectivity index is 3.43. The van der Waals surface area contributed by atoms with Crippen molar-refractivity contribution in [3.8, 4) is 0 Å². The number of thioether (sulfide) groups is 1. The molecule has 0 spiro atoms. The minimum absolute atomic E-state index is 0.0993. The van der Waals surface area contributed by atoms with Crippen LogP contribution >= 0.6 is 11.8 Å². The van der Waals surface area contributed by atoms with Gasteiger partial charge in [0.15, 0.2) is 9.84 Å². The molecule has 0 aliphatic heterocycles. The van der Waals surface area contributed by atoms with Gasteiger partial charge in [-0.05, 0) is 12.2 Å². The number of hydrogen-bond acceptors (Lipinski definition) is 4. The fraction of sp³-hybridized carbons (Fsp3) is 0.941. The molecule has 1 atom stereocenters. The number of amides is 1. The van der Waals surface area contributed by atoms with E-state index in [9.17, 15) is 13.2 Å². The Bertz CT molecular complexity index is 397. The summed E-state index contributed by atoms with van der Waals surface area (Å²) in [6.45, 7) is 3.80. The zero-order valence-electron chi connectivity index (χ0n) is 14.9. The van der Waals surface area contributed by atoms with Crippen LogP contribution in [-0.2, 0) is 14.6 Å². The van der Waals surface area contributed by atoms with Gasteiger partial charge in [-0.3, -0.25) is 4.79 Å². The van der Waals surface area contributed by atoms with Crippen molar-refractivity contribution in [1.29, 1.82) is 0 Å². The number of sulfone groups is 1. The number of rotatable bonds is 16. The topological polar surface area (TPSA) is 77.2 Å². The number of carbonyl (C=O) groups excluding carboxylic acids is 1. The normalized spacial score (nSPS) is 13.1. The highest BCUT2D eigenvalue weighted by Gasteiger charge is 2.19. The van der Waals surface area contributed by atoms with Gasteiger partial charge in [-0.2, -0.15) is 0 Å². The van der Waals surface area contributed by atoms with Crippen LogP contribution in [-0.4, -0.2) is 30.9 Å². The van der Waals surface area contributed by atoms with E-state index in [0.29, 0.717) is 0 Å². The van der Waals surface area contributed by atoms with Crippen molar-refractivity contribution in [1.82, 2.24) is 0 Å². The van der Waals surface area contributed by atoms with Gasteiger partial charge >= 0.3 is 0 Å². The van der Waals surface area contributed by atoms with Crippen LogP contribution in [0.1, 0.15) is 78.1 Å². The Morgan fingerprint density at radius 3 is 1.91 bits per heavy atom. The van der Waals surface area contributed by atoms with Gasteiger partial charge in [0.2, 0.25) is 5.91 Å². The molecule has 1 amide bonds. The van der Waals surface area contributed by atoms with Crippen LogP contribution in [0.2, 0.25) is 0 Å². The van der Waals surface area contributed by atoms with Crippen LogP contribution in [0.25, 0.3) is 0 Å². The maximum absolute atomic E-state index is 11.8. The van der Waals surface area contributed by atoms with Crippen molar-refractivity contribution in [3.63, 3.8) is 0 Å². The van der Waals surface area contributed by atoms with Crippen LogP contribution in [0.3, 0.4) is 0 Å². The third-order valence-electron chi connectivity index (χ3n) is 3.89. The first kappa shape index (κ1) is 22.8. The van der Waals surface area contributed by atoms with Gasteiger partial charge in [-0.1, -0.05) is 71.6 Å². The number of nitrogens with two attached hydrogens (primary N) is 1. The molecule has 0 bridgehead atoms. The summed E-state index contributed by atoms with van der Waals surface area (Å²) in [6, 6.07) is 0. The summed E-state index contributed by atoms with van der Waals surface area (Å²) < 4.78 is 23.6. The van der Waals surface area contributed by atoms with Gasteiger partial charge in [0.1, 0.15) is 0 Å². The molecule has 2 N–H and O–H groups in total. The molecule has 0 saturated carbocycles. The van der Waals surface area contributed by atoms with Gasteiger partial charge in [0, 0.05) is 5.92 Å². The smallest absolute Gasteiger partial charge is 0.221 e. The predicted molar refractivity (Wildman–Crippen MR) is 101 cm³/mol. The van der Waals surface area contributed by atoms with Crippen LogP contribution in [0.5, 0.6) is 0 Å². The largest absolute Gasteiger partial charge is 0.369 e. The maximum Gasteiger partial charge on any atom is 0.221 e. The molecule has 0 radical (unpaired) electrons. The highest BCUT2D eigenvalue weighted by atomic mass is 32.3. The summed E-state index contributed by atoms with van der Waals surface area (Å²) in [7, 11) is -3.18. The van der Waals surface area contributed by atoms with Gasteiger partial charge in [-0.15, -0.1) is 11.8 Å². The van der Waals surface area contributed by atoms with Crippen molar-refractivity contribution in [3.05, 3.63) is 0 Å². The molecule has 23 heavy (non-hydrogen) atoms. The molecule has 0 aliphatic rings. The van der Waals surface area contributed by atoms with Crippen LogP contribution in [0, 0.1) is 5.92 Å². The van der Waals surface area contributed by atoms with Crippen LogP contribution in [0.4, 0.5) is 0 Å². The molecule has 6 heteroatoms. The number of hydrogen-bond donors (Lipinski definition) is 1. The molecule has 0 aromatic rings. The second-order valence-corrected chi connectivity index (χ2v) is 10.0. The molecule has 0 rings (SSSR count). The highest BCUT2D eigenvalue weighted by Crippen LogP contribution is 2.14. The monoisotopic (exact) mass is 365 g/mol. The Morgan fingerprint density at radius 1 is 0.957 bits per heavy atom. The molecule has 0 aromatic carbocycles. The third-order valence-corrected chi connectivity index (χ3v) is 7.58. The van der Waals surface area contributed by atoms with Crippen molar-refractivity contribution >= 4 is 27.5 Å². The zero-order valence-corrected chi connectivity index (χ0v) is 16.5. The van der Waals surface area contributed by atoms with E-state index < -0.39 is 21.7 Å². The van der Waals surface area contributed by atoms with E-state index in [0.717, 1.165) is 12.2 Å². The predicted octanol–water partition coefficient (Wildman–Crippen LogP) is 4.13. The van der Waals surface area contributed by atoms with E-state index in [4.69, 9.17) is 5.73 Å². The second-order valence-electron chi connectivity index (χ2n) is 6.42. The molecule has 0 aliphatic carbocycles. The maximum atomic E-state index is 11.8. The van der Waals surface area contributed by atoms with E-state index in [1.165, 1.54) is 69.5 Å². The average Bonchev–Trinajstić information content (AvgIpc) is 2.47.